The van der Waals surface area contributed by atoms with Gasteiger partial charge in [0, 0.05) is 61.3 Å². The van der Waals surface area contributed by atoms with Crippen molar-refractivity contribution >= 4 is 23.4 Å². The molecule has 6 rings (SSSR count). The van der Waals surface area contributed by atoms with Gasteiger partial charge in [-0.15, -0.1) is 0 Å². The molecule has 1 aliphatic carbocycles. The molecule has 2 fully saturated rings. The van der Waals surface area contributed by atoms with E-state index in [1.807, 2.05) is 19.2 Å². The van der Waals surface area contributed by atoms with Crippen molar-refractivity contribution in [1.29, 1.82) is 0 Å². The Morgan fingerprint density at radius 3 is 2.59 bits per heavy atom. The second-order valence-electron chi connectivity index (χ2n) is 12.3. The number of methoxy groups -OCH3 is 1. The van der Waals surface area contributed by atoms with Crippen LogP contribution >= 0.6 is 0 Å². The number of rotatable bonds is 8. The first-order valence-corrected chi connectivity index (χ1v) is 14.9. The van der Waals surface area contributed by atoms with Crippen molar-refractivity contribution in [2.24, 2.45) is 5.41 Å². The monoisotopic (exact) mass is 606 g/mol. The number of ether oxygens (including phenoxy) is 3. The summed E-state index contributed by atoms with van der Waals surface area (Å²) in [5, 5.41) is 26.8. The molecule has 12 nitrogen and oxygen atoms in total. The molecule has 3 aliphatic heterocycles. The number of carbonyl (C=O) groups is 2. The minimum Gasteiger partial charge on any atom is -0.497 e. The molecule has 4 aliphatic rings. The first kappa shape index (κ1) is 29.9. The Kier molecular flexibility index (Phi) is 7.32. The smallest absolute Gasteiger partial charge is 0.407 e. The average Bonchev–Trinajstić information content (AvgIpc) is 3.53. The lowest BCUT2D eigenvalue weighted by Crippen LogP contribution is -2.81. The molecule has 234 valence electrons. The summed E-state index contributed by atoms with van der Waals surface area (Å²) >= 11 is 0. The fourth-order valence-corrected chi connectivity index (χ4v) is 8.77. The maximum atomic E-state index is 13.1. The lowest BCUT2D eigenvalue weighted by atomic mass is 9.47. The highest BCUT2D eigenvalue weighted by atomic mass is 16.6. The van der Waals surface area contributed by atoms with Gasteiger partial charge in [-0.3, -0.25) is 19.8 Å². The van der Waals surface area contributed by atoms with Gasteiger partial charge in [0.15, 0.2) is 0 Å². The predicted octanol–water partition coefficient (Wildman–Crippen LogP) is 3.30. The third kappa shape index (κ3) is 4.26. The molecule has 6 atom stereocenters. The molecule has 44 heavy (non-hydrogen) atoms. The lowest BCUT2D eigenvalue weighted by Gasteiger charge is -2.64. The predicted molar refractivity (Wildman–Crippen MR) is 160 cm³/mol. The van der Waals surface area contributed by atoms with Crippen LogP contribution in [0.5, 0.6) is 5.75 Å². The zero-order valence-corrected chi connectivity index (χ0v) is 25.3. The number of non-ortho nitro benzene ring substituents is 1. The molecule has 0 radical (unpaired) electrons. The molecule has 3 heterocycles. The van der Waals surface area contributed by atoms with Crippen LogP contribution < -0.4 is 15.0 Å². The van der Waals surface area contributed by atoms with Crippen LogP contribution in [0.4, 0.5) is 16.2 Å². The maximum absolute atomic E-state index is 13.1. The Morgan fingerprint density at radius 1 is 1.18 bits per heavy atom. The van der Waals surface area contributed by atoms with Gasteiger partial charge in [-0.25, -0.2) is 4.79 Å². The van der Waals surface area contributed by atoms with Gasteiger partial charge in [-0.1, -0.05) is 25.1 Å². The molecule has 1 amide bonds. The summed E-state index contributed by atoms with van der Waals surface area (Å²) in [7, 11) is 3.55. The first-order valence-electron chi connectivity index (χ1n) is 14.9. The molecule has 1 saturated carbocycles. The number of alkyl carbamates (subject to hydrolysis) is 1. The topological polar surface area (TPSA) is 144 Å². The van der Waals surface area contributed by atoms with Gasteiger partial charge in [0.2, 0.25) is 0 Å². The number of nitro groups is 1. The molecule has 1 unspecified atom stereocenters. The fraction of sp³-hybridized carbons (Fsp3) is 0.500. The summed E-state index contributed by atoms with van der Waals surface area (Å²) in [4.78, 5) is 40.7. The molecule has 2 aromatic carbocycles. The largest absolute Gasteiger partial charge is 0.497 e. The van der Waals surface area contributed by atoms with Crippen LogP contribution in [0, 0.1) is 15.5 Å². The van der Waals surface area contributed by atoms with E-state index in [1.165, 1.54) is 31.2 Å². The van der Waals surface area contributed by atoms with Crippen LogP contribution in [0.3, 0.4) is 0 Å². The van der Waals surface area contributed by atoms with Crippen molar-refractivity contribution in [1.82, 2.24) is 10.2 Å². The average molecular weight is 607 g/mol. The van der Waals surface area contributed by atoms with Crippen molar-refractivity contribution < 1.29 is 33.8 Å². The standard InChI is InChI=1S/C32H38N4O8/c1-5-30-13-6-15-35-16-14-31(26(30)35)24-12-11-23(42-4)17-25(24)34(3)27(31)32(39,28(30)44-20(2)37)19-33-29(38)43-18-21-7-9-22(10-8-21)36(40)41/h6-13,17,26-28,39H,5,14-16,18-19H2,1-4H3,(H,33,38)/t26-,27+,28+,30+,31+,32?/m0/s1. The fourth-order valence-electron chi connectivity index (χ4n) is 8.77. The maximum Gasteiger partial charge on any atom is 0.407 e. The highest BCUT2D eigenvalue weighted by Gasteiger charge is 2.77. The van der Waals surface area contributed by atoms with Gasteiger partial charge in [0.05, 0.1) is 24.6 Å². The van der Waals surface area contributed by atoms with E-state index in [0.29, 0.717) is 17.7 Å². The zero-order valence-electron chi connectivity index (χ0n) is 25.3. The van der Waals surface area contributed by atoms with E-state index in [0.717, 1.165) is 30.8 Å². The number of hydrogen-bond acceptors (Lipinski definition) is 10. The summed E-state index contributed by atoms with van der Waals surface area (Å²) in [6.45, 7) is 4.60. The zero-order chi connectivity index (χ0) is 31.4. The quantitative estimate of drug-likeness (QED) is 0.199. The SMILES string of the molecule is CC[C@]12C=CCN3CC[C@@]4(c5ccc(OC)cc5N(C)[C@H]4C(O)(CNC(=O)OCc4ccc([N+](=O)[O-])cc4)[C@@H]1OC(C)=O)[C@@H]32. The molecule has 0 bridgehead atoms. The lowest BCUT2D eigenvalue weighted by molar-refractivity contribution is -0.384. The highest BCUT2D eigenvalue weighted by Crippen LogP contribution is 2.67. The summed E-state index contributed by atoms with van der Waals surface area (Å²) in [5.74, 6) is 0.177. The van der Waals surface area contributed by atoms with Crippen molar-refractivity contribution in [3.8, 4) is 5.75 Å². The van der Waals surface area contributed by atoms with Crippen LogP contribution in [0.25, 0.3) is 0 Å². The van der Waals surface area contributed by atoms with Crippen LogP contribution in [0.1, 0.15) is 37.8 Å². The van der Waals surface area contributed by atoms with Gasteiger partial charge in [-0.05, 0) is 48.7 Å². The van der Waals surface area contributed by atoms with Crippen LogP contribution in [-0.4, -0.2) is 84.6 Å². The van der Waals surface area contributed by atoms with Crippen LogP contribution in [-0.2, 0) is 26.3 Å². The van der Waals surface area contributed by atoms with E-state index in [2.05, 4.69) is 40.3 Å². The number of hydrogen-bond donors (Lipinski definition) is 2. The Hall–Kier alpha value is -4.16. The number of nitrogens with zero attached hydrogens (tertiary/aromatic N) is 3. The van der Waals surface area contributed by atoms with Crippen molar-refractivity contribution in [2.75, 3.05) is 38.7 Å². The van der Waals surface area contributed by atoms with Gasteiger partial charge >= 0.3 is 12.1 Å². The normalized spacial score (nSPS) is 31.5. The molecule has 0 aromatic heterocycles. The van der Waals surface area contributed by atoms with E-state index in [-0.39, 0.29) is 24.9 Å². The van der Waals surface area contributed by atoms with Gasteiger partial charge in [0.1, 0.15) is 24.1 Å². The van der Waals surface area contributed by atoms with Crippen molar-refractivity contribution in [2.45, 2.75) is 62.5 Å². The molecule has 2 aromatic rings. The molecular weight excluding hydrogens is 568 g/mol. The highest BCUT2D eigenvalue weighted by molar-refractivity contribution is 5.72. The van der Waals surface area contributed by atoms with Crippen LogP contribution in [0.15, 0.2) is 54.6 Å². The number of fused-ring (bicyclic) bond motifs is 1. The number of aliphatic hydroxyl groups is 1. The van der Waals surface area contributed by atoms with E-state index in [1.54, 1.807) is 7.11 Å². The Labute approximate surface area is 255 Å². The van der Waals surface area contributed by atoms with Crippen LogP contribution in [0.2, 0.25) is 0 Å². The summed E-state index contributed by atoms with van der Waals surface area (Å²) < 4.78 is 17.1. The number of esters is 1. The second-order valence-corrected chi connectivity index (χ2v) is 12.3. The third-order valence-electron chi connectivity index (χ3n) is 10.2. The van der Waals surface area contributed by atoms with Crippen molar-refractivity contribution in [3.63, 3.8) is 0 Å². The minimum absolute atomic E-state index is 0.0622. The van der Waals surface area contributed by atoms with E-state index in [9.17, 15) is 24.8 Å². The van der Waals surface area contributed by atoms with E-state index < -0.39 is 45.6 Å². The summed E-state index contributed by atoms with van der Waals surface area (Å²) in [5.41, 5.74) is -0.461. The van der Waals surface area contributed by atoms with E-state index in [4.69, 9.17) is 14.2 Å². The van der Waals surface area contributed by atoms with Gasteiger partial charge in [-0.2, -0.15) is 0 Å². The van der Waals surface area contributed by atoms with E-state index >= 15 is 0 Å². The number of anilines is 1. The molecule has 2 N–H and O–H groups in total. The molecule has 1 saturated heterocycles. The summed E-state index contributed by atoms with van der Waals surface area (Å²) in [6.07, 6.45) is 3.83. The minimum atomic E-state index is -1.73. The second kappa shape index (κ2) is 10.8. The Bertz CT molecular complexity index is 1510. The number of benzene rings is 2. The number of nitro benzene ring substituents is 1. The summed E-state index contributed by atoms with van der Waals surface area (Å²) in [6, 6.07) is 11.1. The van der Waals surface area contributed by atoms with Crippen molar-refractivity contribution in [3.05, 3.63) is 75.9 Å². The van der Waals surface area contributed by atoms with Gasteiger partial charge in [0.25, 0.3) is 5.69 Å². The third-order valence-corrected chi connectivity index (χ3v) is 10.2. The number of nitrogens with one attached hydrogen (secondary N) is 1. The molecular formula is C32H38N4O8. The number of likely N-dealkylation sites (N-methyl/N-ethyl adjacent to an activating group) is 1. The first-order chi connectivity index (χ1) is 21.0. The Balaban J connectivity index is 1.38. The number of amides is 1. The molecule has 1 spiro atoms. The Morgan fingerprint density at radius 2 is 1.93 bits per heavy atom. The van der Waals surface area contributed by atoms with Gasteiger partial charge < -0.3 is 29.5 Å². The number of carbonyl (C=O) groups excluding carboxylic acids is 2. The molecule has 12 heteroatoms.